The smallest absolute Gasteiger partial charge is 0.258 e. The average Bonchev–Trinajstić information content (AvgIpc) is 2.68. The summed E-state index contributed by atoms with van der Waals surface area (Å²) in [6.45, 7) is 0. The molecule has 1 aromatic heterocycles. The van der Waals surface area contributed by atoms with Gasteiger partial charge in [0.25, 0.3) is 5.56 Å². The lowest BCUT2D eigenvalue weighted by Gasteiger charge is -2.09. The minimum Gasteiger partial charge on any atom is -0.481 e. The van der Waals surface area contributed by atoms with Crippen LogP contribution in [0.4, 0.5) is 0 Å². The highest BCUT2D eigenvalue weighted by atomic mass is 32.2. The first-order valence-electron chi connectivity index (χ1n) is 5.05. The van der Waals surface area contributed by atoms with Gasteiger partial charge in [0, 0.05) is 5.25 Å². The molecule has 0 saturated carbocycles. The third-order valence-electron chi connectivity index (χ3n) is 2.97. The maximum absolute atomic E-state index is 11.9. The van der Waals surface area contributed by atoms with Gasteiger partial charge in [0.1, 0.15) is 0 Å². The molecule has 0 N–H and O–H groups in total. The molecule has 0 spiro atoms. The molecule has 8 heteroatoms. The molecule has 0 unspecified atom stereocenters. The van der Waals surface area contributed by atoms with Gasteiger partial charge in [-0.3, -0.25) is 9.36 Å². The van der Waals surface area contributed by atoms with Crippen molar-refractivity contribution in [1.29, 1.82) is 0 Å². The molecule has 2 atom stereocenters. The van der Waals surface area contributed by atoms with Gasteiger partial charge in [-0.25, -0.2) is 8.42 Å². The van der Waals surface area contributed by atoms with Gasteiger partial charge in [0.05, 0.1) is 30.7 Å². The Morgan fingerprint density at radius 3 is 3.00 bits per heavy atom. The molecule has 17 heavy (non-hydrogen) atoms. The third-order valence-corrected chi connectivity index (χ3v) is 6.18. The predicted molar refractivity (Wildman–Crippen MR) is 62.4 cm³/mol. The van der Waals surface area contributed by atoms with Gasteiger partial charge in [0.2, 0.25) is 5.88 Å². The highest BCUT2D eigenvalue weighted by molar-refractivity contribution is 8.02. The van der Waals surface area contributed by atoms with Crippen molar-refractivity contribution in [2.24, 2.45) is 0 Å². The highest BCUT2D eigenvalue weighted by Gasteiger charge is 2.45. The zero-order valence-electron chi connectivity index (χ0n) is 8.99. The van der Waals surface area contributed by atoms with Crippen LogP contribution >= 0.6 is 11.8 Å². The molecule has 0 aromatic carbocycles. The molecule has 1 fully saturated rings. The van der Waals surface area contributed by atoms with Gasteiger partial charge >= 0.3 is 0 Å². The van der Waals surface area contributed by atoms with Gasteiger partial charge in [-0.1, -0.05) is 11.8 Å². The van der Waals surface area contributed by atoms with Gasteiger partial charge < -0.3 is 4.74 Å². The Labute approximate surface area is 102 Å². The van der Waals surface area contributed by atoms with Crippen LogP contribution in [0.2, 0.25) is 0 Å². The van der Waals surface area contributed by atoms with Crippen LogP contribution in [0.15, 0.2) is 16.0 Å². The number of fused-ring (bicyclic) bond motifs is 3. The summed E-state index contributed by atoms with van der Waals surface area (Å²) in [5, 5.41) is 0.464. The first-order chi connectivity index (χ1) is 8.00. The topological polar surface area (TPSA) is 78.3 Å². The highest BCUT2D eigenvalue weighted by Crippen LogP contribution is 2.43. The Kier molecular flexibility index (Phi) is 2.27. The quantitative estimate of drug-likeness (QED) is 0.654. The van der Waals surface area contributed by atoms with Crippen LogP contribution in [0.1, 0.15) is 6.04 Å². The van der Waals surface area contributed by atoms with Crippen molar-refractivity contribution in [2.75, 3.05) is 18.6 Å². The monoisotopic (exact) mass is 274 g/mol. The predicted octanol–water partition coefficient (Wildman–Crippen LogP) is -0.304. The Morgan fingerprint density at radius 2 is 2.29 bits per heavy atom. The molecule has 92 valence electrons. The fourth-order valence-electron chi connectivity index (χ4n) is 2.23. The van der Waals surface area contributed by atoms with Crippen LogP contribution in [0, 0.1) is 0 Å². The third kappa shape index (κ3) is 1.66. The van der Waals surface area contributed by atoms with Crippen LogP contribution in [0.25, 0.3) is 0 Å². The van der Waals surface area contributed by atoms with E-state index < -0.39 is 9.84 Å². The molecule has 3 rings (SSSR count). The fraction of sp³-hybridized carbons (Fsp3) is 0.556. The molecule has 0 aliphatic carbocycles. The number of hydrogen-bond acceptors (Lipinski definition) is 6. The molecular weight excluding hydrogens is 264 g/mol. The number of thioether (sulfide) groups is 1. The summed E-state index contributed by atoms with van der Waals surface area (Å²) >= 11 is 1.35. The van der Waals surface area contributed by atoms with Gasteiger partial charge in [-0.2, -0.15) is 4.98 Å². The maximum Gasteiger partial charge on any atom is 0.258 e. The Bertz CT molecular complexity index is 637. The number of nitrogens with zero attached hydrogens (tertiary/aromatic N) is 2. The fourth-order valence-corrected chi connectivity index (χ4v) is 6.13. The second kappa shape index (κ2) is 3.49. The summed E-state index contributed by atoms with van der Waals surface area (Å²) in [6.07, 6.45) is 0. The molecule has 1 saturated heterocycles. The van der Waals surface area contributed by atoms with E-state index in [9.17, 15) is 13.2 Å². The number of aromatic nitrogens is 2. The van der Waals surface area contributed by atoms with E-state index in [0.717, 1.165) is 0 Å². The van der Waals surface area contributed by atoms with Crippen molar-refractivity contribution in [2.45, 2.75) is 16.4 Å². The lowest BCUT2D eigenvalue weighted by molar-refractivity contribution is 0.382. The molecule has 6 nitrogen and oxygen atoms in total. The van der Waals surface area contributed by atoms with Crippen molar-refractivity contribution in [3.63, 3.8) is 0 Å². The number of methoxy groups -OCH3 is 1. The lowest BCUT2D eigenvalue weighted by atomic mass is 10.2. The van der Waals surface area contributed by atoms with E-state index in [1.165, 1.54) is 29.5 Å². The van der Waals surface area contributed by atoms with Crippen LogP contribution in [-0.4, -0.2) is 41.8 Å². The largest absolute Gasteiger partial charge is 0.481 e. The summed E-state index contributed by atoms with van der Waals surface area (Å²) in [5.74, 6) is 0.426. The van der Waals surface area contributed by atoms with E-state index in [0.29, 0.717) is 5.16 Å². The van der Waals surface area contributed by atoms with E-state index in [4.69, 9.17) is 4.74 Å². The van der Waals surface area contributed by atoms with Crippen LogP contribution in [0.5, 0.6) is 5.88 Å². The van der Waals surface area contributed by atoms with Crippen molar-refractivity contribution in [1.82, 2.24) is 9.55 Å². The molecule has 0 amide bonds. The van der Waals surface area contributed by atoms with Gasteiger partial charge in [-0.15, -0.1) is 0 Å². The van der Waals surface area contributed by atoms with E-state index in [1.54, 1.807) is 0 Å². The zero-order chi connectivity index (χ0) is 12.2. The molecule has 2 aliphatic heterocycles. The first-order valence-corrected chi connectivity index (χ1v) is 7.75. The second-order valence-corrected chi connectivity index (χ2v) is 7.45. The Morgan fingerprint density at radius 1 is 1.53 bits per heavy atom. The van der Waals surface area contributed by atoms with Gasteiger partial charge in [-0.05, 0) is 0 Å². The summed E-state index contributed by atoms with van der Waals surface area (Å²) in [5.41, 5.74) is -0.246. The molecule has 1 aromatic rings. The maximum atomic E-state index is 11.9. The number of hydrogen-bond donors (Lipinski definition) is 0. The van der Waals surface area contributed by atoms with Crippen molar-refractivity contribution in [3.8, 4) is 5.88 Å². The van der Waals surface area contributed by atoms with E-state index >= 15 is 0 Å². The van der Waals surface area contributed by atoms with E-state index in [2.05, 4.69) is 4.98 Å². The summed E-state index contributed by atoms with van der Waals surface area (Å²) in [4.78, 5) is 16.1. The molecule has 0 bridgehead atoms. The lowest BCUT2D eigenvalue weighted by Crippen LogP contribution is -2.26. The van der Waals surface area contributed by atoms with E-state index in [-0.39, 0.29) is 34.2 Å². The minimum atomic E-state index is -3.02. The number of sulfone groups is 1. The second-order valence-electron chi connectivity index (χ2n) is 4.09. The molecule has 3 heterocycles. The molecule has 0 radical (unpaired) electrons. The SMILES string of the molecule is COc1cc(=O)n2c(n1)S[C@@H]1CS(=O)(=O)C[C@H]12. The van der Waals surface area contributed by atoms with Gasteiger partial charge in [0.15, 0.2) is 15.0 Å². The van der Waals surface area contributed by atoms with E-state index in [1.807, 2.05) is 0 Å². The van der Waals surface area contributed by atoms with Crippen LogP contribution in [0.3, 0.4) is 0 Å². The standard InChI is InChI=1S/C9H10N2O4S2/c1-15-7-2-8(12)11-5-3-17(13,14)4-6(5)16-9(11)10-7/h2,5-6H,3-4H2,1H3/t5-,6-/m1/s1. The minimum absolute atomic E-state index is 0.0333. The zero-order valence-corrected chi connectivity index (χ0v) is 10.6. The Balaban J connectivity index is 2.12. The first kappa shape index (κ1) is 11.1. The summed E-state index contributed by atoms with van der Waals surface area (Å²) in [7, 11) is -1.57. The van der Waals surface area contributed by atoms with Crippen molar-refractivity contribution >= 4 is 21.6 Å². The van der Waals surface area contributed by atoms with Crippen LogP contribution in [-0.2, 0) is 9.84 Å². The Hall–Kier alpha value is -1.02. The van der Waals surface area contributed by atoms with Crippen LogP contribution < -0.4 is 10.3 Å². The molecule has 2 aliphatic rings. The number of ether oxygens (including phenoxy) is 1. The van der Waals surface area contributed by atoms with Crippen molar-refractivity contribution in [3.05, 3.63) is 16.4 Å². The average molecular weight is 274 g/mol. The van der Waals surface area contributed by atoms with Crippen molar-refractivity contribution < 1.29 is 13.2 Å². The molecular formula is C9H10N2O4S2. The normalized spacial score (nSPS) is 28.8. The summed E-state index contributed by atoms with van der Waals surface area (Å²) < 4.78 is 29.4. The summed E-state index contributed by atoms with van der Waals surface area (Å²) in [6, 6.07) is 1.02. The number of rotatable bonds is 1.